The third-order valence-electron chi connectivity index (χ3n) is 2.75. The summed E-state index contributed by atoms with van der Waals surface area (Å²) in [6.45, 7) is 0. The molecule has 17 heavy (non-hydrogen) atoms. The van der Waals surface area contributed by atoms with Crippen molar-refractivity contribution in [3.63, 3.8) is 0 Å². The van der Waals surface area contributed by atoms with Crippen molar-refractivity contribution < 1.29 is 0 Å². The highest BCUT2D eigenvalue weighted by atomic mass is 32.1. The predicted molar refractivity (Wildman–Crippen MR) is 70.2 cm³/mol. The van der Waals surface area contributed by atoms with Crippen LogP contribution in [0.3, 0.4) is 0 Å². The van der Waals surface area contributed by atoms with Crippen LogP contribution in [0, 0.1) is 0 Å². The molecule has 86 valence electrons. The molecule has 0 aliphatic rings. The standard InChI is InChI=1S/C13H13N3S/c1(3-10-4-2-8-17-10)5-13-15-11-6-7-14-9-12(11)16-13/h2,4,6-9H,1,3,5H2,(H,15,16). The van der Waals surface area contributed by atoms with Crippen LogP contribution < -0.4 is 0 Å². The van der Waals surface area contributed by atoms with Crippen LogP contribution in [0.1, 0.15) is 17.1 Å². The maximum Gasteiger partial charge on any atom is 0.107 e. The largest absolute Gasteiger partial charge is 0.341 e. The Bertz CT molecular complexity index is 565. The Hall–Kier alpha value is -1.68. The lowest BCUT2D eigenvalue weighted by molar-refractivity contribution is 0.793. The van der Waals surface area contributed by atoms with Crippen LogP contribution in [-0.2, 0) is 12.8 Å². The highest BCUT2D eigenvalue weighted by molar-refractivity contribution is 7.09. The van der Waals surface area contributed by atoms with Gasteiger partial charge in [0.25, 0.3) is 0 Å². The van der Waals surface area contributed by atoms with Gasteiger partial charge in [0, 0.05) is 17.5 Å². The molecule has 4 heteroatoms. The van der Waals surface area contributed by atoms with E-state index in [1.165, 1.54) is 4.88 Å². The Morgan fingerprint density at radius 3 is 3.06 bits per heavy atom. The number of nitrogens with one attached hydrogen (secondary N) is 1. The number of nitrogens with zero attached hydrogens (tertiary/aromatic N) is 2. The van der Waals surface area contributed by atoms with Gasteiger partial charge in [0.1, 0.15) is 5.82 Å². The second-order valence-electron chi connectivity index (χ2n) is 4.01. The number of aryl methyl sites for hydroxylation is 2. The van der Waals surface area contributed by atoms with Gasteiger partial charge in [-0.25, -0.2) is 4.98 Å². The molecule has 0 aliphatic heterocycles. The van der Waals surface area contributed by atoms with Gasteiger partial charge in [0.15, 0.2) is 0 Å². The number of thiophene rings is 1. The number of aromatic amines is 1. The Balaban J connectivity index is 1.65. The molecule has 0 saturated heterocycles. The summed E-state index contributed by atoms with van der Waals surface area (Å²) in [6.07, 6.45) is 6.86. The number of imidazole rings is 1. The zero-order valence-corrected chi connectivity index (χ0v) is 10.2. The molecule has 3 rings (SSSR count). The number of rotatable bonds is 4. The van der Waals surface area contributed by atoms with Gasteiger partial charge in [-0.3, -0.25) is 4.98 Å². The minimum Gasteiger partial charge on any atom is -0.341 e. The highest BCUT2D eigenvalue weighted by Gasteiger charge is 2.02. The molecule has 0 amide bonds. The van der Waals surface area contributed by atoms with Crippen LogP contribution in [0.15, 0.2) is 36.0 Å². The van der Waals surface area contributed by atoms with Gasteiger partial charge < -0.3 is 4.98 Å². The Kier molecular flexibility index (Phi) is 2.88. The Morgan fingerprint density at radius 2 is 2.24 bits per heavy atom. The number of hydrogen-bond acceptors (Lipinski definition) is 3. The number of fused-ring (bicyclic) bond motifs is 1. The molecule has 0 aliphatic carbocycles. The summed E-state index contributed by atoms with van der Waals surface area (Å²) in [4.78, 5) is 13.4. The van der Waals surface area contributed by atoms with E-state index in [1.807, 2.05) is 23.6 Å². The maximum absolute atomic E-state index is 4.54. The minimum absolute atomic E-state index is 0.993. The first-order chi connectivity index (χ1) is 8.42. The van der Waals surface area contributed by atoms with E-state index in [0.29, 0.717) is 0 Å². The smallest absolute Gasteiger partial charge is 0.107 e. The summed E-state index contributed by atoms with van der Waals surface area (Å²) in [5, 5.41) is 2.13. The lowest BCUT2D eigenvalue weighted by Crippen LogP contribution is -1.90. The molecule has 0 bridgehead atoms. The van der Waals surface area contributed by atoms with Gasteiger partial charge in [0.05, 0.1) is 17.2 Å². The van der Waals surface area contributed by atoms with Crippen LogP contribution in [0.4, 0.5) is 0 Å². The van der Waals surface area contributed by atoms with Crippen molar-refractivity contribution in [3.8, 4) is 0 Å². The van der Waals surface area contributed by atoms with Gasteiger partial charge >= 0.3 is 0 Å². The van der Waals surface area contributed by atoms with Crippen molar-refractivity contribution in [2.24, 2.45) is 0 Å². The second-order valence-corrected chi connectivity index (χ2v) is 5.04. The van der Waals surface area contributed by atoms with Gasteiger partial charge in [-0.15, -0.1) is 11.3 Å². The minimum atomic E-state index is 0.993. The summed E-state index contributed by atoms with van der Waals surface area (Å²) in [7, 11) is 0. The molecule has 3 nitrogen and oxygen atoms in total. The molecular formula is C13H13N3S. The summed E-state index contributed by atoms with van der Waals surface area (Å²) in [5.41, 5.74) is 2.03. The maximum atomic E-state index is 4.54. The van der Waals surface area contributed by atoms with Crippen molar-refractivity contribution in [1.29, 1.82) is 0 Å². The van der Waals surface area contributed by atoms with Crippen LogP contribution in [0.2, 0.25) is 0 Å². The fourth-order valence-corrected chi connectivity index (χ4v) is 2.66. The molecule has 0 unspecified atom stereocenters. The zero-order chi connectivity index (χ0) is 11.5. The molecule has 0 fully saturated rings. The summed E-state index contributed by atoms with van der Waals surface area (Å²) in [5.74, 6) is 1.06. The van der Waals surface area contributed by atoms with Gasteiger partial charge in [-0.1, -0.05) is 6.07 Å². The number of H-pyrrole nitrogens is 1. The third-order valence-corrected chi connectivity index (χ3v) is 3.69. The molecule has 0 aromatic carbocycles. The van der Waals surface area contributed by atoms with Crippen molar-refractivity contribution in [1.82, 2.24) is 15.0 Å². The van der Waals surface area contributed by atoms with Crippen LogP contribution in [0.5, 0.6) is 0 Å². The number of aromatic nitrogens is 3. The van der Waals surface area contributed by atoms with Crippen molar-refractivity contribution >= 4 is 22.4 Å². The second kappa shape index (κ2) is 4.67. The quantitative estimate of drug-likeness (QED) is 0.764. The molecule has 0 radical (unpaired) electrons. The average molecular weight is 243 g/mol. The predicted octanol–water partition coefficient (Wildman–Crippen LogP) is 3.19. The Labute approximate surface area is 104 Å². The molecule has 3 aromatic rings. The fraction of sp³-hybridized carbons (Fsp3) is 0.231. The van der Waals surface area contributed by atoms with Crippen LogP contribution in [0.25, 0.3) is 11.0 Å². The van der Waals surface area contributed by atoms with Crippen LogP contribution >= 0.6 is 11.3 Å². The highest BCUT2D eigenvalue weighted by Crippen LogP contribution is 2.14. The van der Waals surface area contributed by atoms with Crippen molar-refractivity contribution in [2.75, 3.05) is 0 Å². The normalized spacial score (nSPS) is 11.1. The molecule has 3 heterocycles. The Morgan fingerprint density at radius 1 is 1.24 bits per heavy atom. The summed E-state index contributed by atoms with van der Waals surface area (Å²) >= 11 is 1.82. The zero-order valence-electron chi connectivity index (χ0n) is 9.39. The van der Waals surface area contributed by atoms with Gasteiger partial charge in [0.2, 0.25) is 0 Å². The van der Waals surface area contributed by atoms with Crippen molar-refractivity contribution in [2.45, 2.75) is 19.3 Å². The molecule has 3 aromatic heterocycles. The SMILES string of the molecule is c1csc(CCCc2nc3ccncc3[nH]2)c1. The molecule has 0 spiro atoms. The number of hydrogen-bond donors (Lipinski definition) is 1. The fourth-order valence-electron chi connectivity index (χ4n) is 1.91. The van der Waals surface area contributed by atoms with E-state index in [2.05, 4.69) is 32.5 Å². The molecule has 0 atom stereocenters. The summed E-state index contributed by atoms with van der Waals surface area (Å²) in [6, 6.07) is 6.23. The molecule has 1 N–H and O–H groups in total. The molecule has 0 saturated carbocycles. The van der Waals surface area contributed by atoms with Crippen molar-refractivity contribution in [3.05, 3.63) is 46.7 Å². The summed E-state index contributed by atoms with van der Waals surface area (Å²) < 4.78 is 0. The van der Waals surface area contributed by atoms with E-state index in [1.54, 1.807) is 6.20 Å². The molecular weight excluding hydrogens is 230 g/mol. The van der Waals surface area contributed by atoms with E-state index in [-0.39, 0.29) is 0 Å². The average Bonchev–Trinajstić information content (AvgIpc) is 2.96. The van der Waals surface area contributed by atoms with Gasteiger partial charge in [-0.05, 0) is 30.4 Å². The number of pyridine rings is 1. The van der Waals surface area contributed by atoms with E-state index in [0.717, 1.165) is 36.1 Å². The lowest BCUT2D eigenvalue weighted by Gasteiger charge is -1.95. The topological polar surface area (TPSA) is 41.6 Å². The first-order valence-electron chi connectivity index (χ1n) is 5.73. The monoisotopic (exact) mass is 243 g/mol. The van der Waals surface area contributed by atoms with Crippen LogP contribution in [-0.4, -0.2) is 15.0 Å². The van der Waals surface area contributed by atoms with E-state index < -0.39 is 0 Å². The van der Waals surface area contributed by atoms with E-state index in [9.17, 15) is 0 Å². The van der Waals surface area contributed by atoms with E-state index >= 15 is 0 Å². The van der Waals surface area contributed by atoms with E-state index in [4.69, 9.17) is 0 Å². The first-order valence-corrected chi connectivity index (χ1v) is 6.61. The lowest BCUT2D eigenvalue weighted by atomic mass is 10.2. The third kappa shape index (κ3) is 2.36. The van der Waals surface area contributed by atoms with Gasteiger partial charge in [-0.2, -0.15) is 0 Å². The first kappa shape index (κ1) is 10.5.